The number of halogens is 1. The van der Waals surface area contributed by atoms with Crippen LogP contribution in [0.1, 0.15) is 18.4 Å². The van der Waals surface area contributed by atoms with Crippen LogP contribution in [0.25, 0.3) is 6.08 Å². The standard InChI is InChI=1S/C24H20BrN5O4S/c25-16-4-5-20(26-13-16)30-8-6-17(7-9-30)33-21-12-22(28-14-27-21)34-18-3-1-2-15(10-18)11-19-23(31)29-24(32)35-19/h1-5,10-14,17H,6-9H2,(H,29,31,32). The van der Waals surface area contributed by atoms with Gasteiger partial charge in [0.1, 0.15) is 24.0 Å². The van der Waals surface area contributed by atoms with Crippen molar-refractivity contribution in [3.8, 4) is 17.5 Å². The van der Waals surface area contributed by atoms with Crippen molar-refractivity contribution in [3.63, 3.8) is 0 Å². The zero-order valence-electron chi connectivity index (χ0n) is 18.4. The molecule has 2 amide bonds. The number of hydrogen-bond donors (Lipinski definition) is 1. The summed E-state index contributed by atoms with van der Waals surface area (Å²) < 4.78 is 12.9. The van der Waals surface area contributed by atoms with E-state index in [-0.39, 0.29) is 11.3 Å². The molecule has 2 saturated heterocycles. The summed E-state index contributed by atoms with van der Waals surface area (Å²) in [5, 5.41) is 1.86. The molecule has 5 rings (SSSR count). The molecule has 0 bridgehead atoms. The molecule has 0 spiro atoms. The van der Waals surface area contributed by atoms with Crippen LogP contribution >= 0.6 is 27.7 Å². The number of pyridine rings is 1. The van der Waals surface area contributed by atoms with Crippen LogP contribution in [0, 0.1) is 0 Å². The number of thioether (sulfide) groups is 1. The van der Waals surface area contributed by atoms with E-state index in [9.17, 15) is 9.59 Å². The van der Waals surface area contributed by atoms with Crippen LogP contribution < -0.4 is 19.7 Å². The van der Waals surface area contributed by atoms with Crippen molar-refractivity contribution < 1.29 is 19.1 Å². The van der Waals surface area contributed by atoms with Gasteiger partial charge in [-0.15, -0.1) is 0 Å². The number of amides is 2. The first kappa shape index (κ1) is 23.3. The lowest BCUT2D eigenvalue weighted by atomic mass is 10.1. The van der Waals surface area contributed by atoms with Crippen molar-refractivity contribution in [2.24, 2.45) is 0 Å². The SMILES string of the molecule is O=C1NC(=O)C(=Cc2cccc(Oc3cc(OC4CCN(c5ccc(Br)cn5)CC4)ncn3)c2)S1. The molecule has 4 heterocycles. The Balaban J connectivity index is 1.19. The predicted octanol–water partition coefficient (Wildman–Crippen LogP) is 4.80. The quantitative estimate of drug-likeness (QED) is 0.430. The van der Waals surface area contributed by atoms with Gasteiger partial charge in [0.25, 0.3) is 11.1 Å². The highest BCUT2D eigenvalue weighted by molar-refractivity contribution is 9.10. The van der Waals surface area contributed by atoms with Gasteiger partial charge in [0.05, 0.1) is 11.0 Å². The average Bonchev–Trinajstić information content (AvgIpc) is 3.17. The number of hydrogen-bond acceptors (Lipinski definition) is 9. The number of benzene rings is 1. The number of anilines is 1. The van der Waals surface area contributed by atoms with E-state index >= 15 is 0 Å². The zero-order chi connectivity index (χ0) is 24.2. The molecule has 11 heteroatoms. The van der Waals surface area contributed by atoms with E-state index in [1.165, 1.54) is 6.33 Å². The third kappa shape index (κ3) is 5.98. The molecule has 178 valence electrons. The predicted molar refractivity (Wildman–Crippen MR) is 135 cm³/mol. The van der Waals surface area contributed by atoms with Gasteiger partial charge in [0, 0.05) is 36.6 Å². The Morgan fingerprint density at radius 1 is 1.06 bits per heavy atom. The molecule has 2 fully saturated rings. The summed E-state index contributed by atoms with van der Waals surface area (Å²) in [6.45, 7) is 1.69. The van der Waals surface area contributed by atoms with Crippen molar-refractivity contribution in [1.82, 2.24) is 20.3 Å². The molecule has 0 radical (unpaired) electrons. The first-order valence-electron chi connectivity index (χ1n) is 10.9. The van der Waals surface area contributed by atoms with Gasteiger partial charge in [0.2, 0.25) is 11.8 Å². The Kier molecular flexibility index (Phi) is 6.96. The molecule has 9 nitrogen and oxygen atoms in total. The molecule has 0 aliphatic carbocycles. The van der Waals surface area contributed by atoms with Gasteiger partial charge in [-0.05, 0) is 63.6 Å². The number of nitrogens with one attached hydrogen (secondary N) is 1. The van der Waals surface area contributed by atoms with Crippen LogP contribution in [0.5, 0.6) is 17.5 Å². The monoisotopic (exact) mass is 553 g/mol. The third-order valence-electron chi connectivity index (χ3n) is 5.40. The van der Waals surface area contributed by atoms with E-state index < -0.39 is 5.91 Å². The van der Waals surface area contributed by atoms with E-state index in [1.54, 1.807) is 36.5 Å². The Morgan fingerprint density at radius 2 is 1.89 bits per heavy atom. The van der Waals surface area contributed by atoms with Crippen LogP contribution in [0.15, 0.2) is 64.4 Å². The summed E-state index contributed by atoms with van der Waals surface area (Å²) in [7, 11) is 0. The Morgan fingerprint density at radius 3 is 2.63 bits per heavy atom. The zero-order valence-corrected chi connectivity index (χ0v) is 20.8. The van der Waals surface area contributed by atoms with Crippen LogP contribution in [-0.2, 0) is 4.79 Å². The number of imide groups is 1. The molecule has 2 aliphatic rings. The van der Waals surface area contributed by atoms with Crippen molar-refractivity contribution in [3.05, 3.63) is 69.9 Å². The maximum absolute atomic E-state index is 11.8. The summed E-state index contributed by atoms with van der Waals surface area (Å²) in [6, 6.07) is 12.8. The molecule has 1 N–H and O–H groups in total. The average molecular weight is 554 g/mol. The minimum absolute atomic E-state index is 0.0390. The van der Waals surface area contributed by atoms with Gasteiger partial charge < -0.3 is 14.4 Å². The fourth-order valence-electron chi connectivity index (χ4n) is 3.73. The molecular formula is C24H20BrN5O4S. The smallest absolute Gasteiger partial charge is 0.290 e. The molecule has 2 aromatic heterocycles. The van der Waals surface area contributed by atoms with E-state index in [0.717, 1.165) is 53.5 Å². The number of rotatable bonds is 6. The molecular weight excluding hydrogens is 534 g/mol. The molecule has 0 atom stereocenters. The minimum atomic E-state index is -0.400. The fourth-order valence-corrected chi connectivity index (χ4v) is 4.65. The molecule has 0 saturated carbocycles. The van der Waals surface area contributed by atoms with Crippen LogP contribution in [0.2, 0.25) is 0 Å². The maximum Gasteiger partial charge on any atom is 0.290 e. The second kappa shape index (κ2) is 10.4. The molecule has 0 unspecified atom stereocenters. The topological polar surface area (TPSA) is 107 Å². The number of ether oxygens (including phenoxy) is 2. The second-order valence-corrected chi connectivity index (χ2v) is 9.79. The van der Waals surface area contributed by atoms with Crippen molar-refractivity contribution >= 4 is 50.7 Å². The lowest BCUT2D eigenvalue weighted by Gasteiger charge is -2.32. The summed E-state index contributed by atoms with van der Waals surface area (Å²) in [6.07, 6.45) is 6.59. The highest BCUT2D eigenvalue weighted by atomic mass is 79.9. The number of carbonyl (C=O) groups excluding carboxylic acids is 2. The van der Waals surface area contributed by atoms with Gasteiger partial charge in [-0.1, -0.05) is 12.1 Å². The molecule has 2 aliphatic heterocycles. The fraction of sp³-hybridized carbons (Fsp3) is 0.208. The number of nitrogens with zero attached hydrogens (tertiary/aromatic N) is 4. The number of carbonyl (C=O) groups is 2. The van der Waals surface area contributed by atoms with Crippen molar-refractivity contribution in [2.45, 2.75) is 18.9 Å². The maximum atomic E-state index is 11.8. The van der Waals surface area contributed by atoms with Crippen LogP contribution in [-0.4, -0.2) is 45.3 Å². The molecule has 35 heavy (non-hydrogen) atoms. The van der Waals surface area contributed by atoms with Crippen molar-refractivity contribution in [2.75, 3.05) is 18.0 Å². The van der Waals surface area contributed by atoms with Gasteiger partial charge in [-0.3, -0.25) is 14.9 Å². The Bertz CT molecular complexity index is 1280. The van der Waals surface area contributed by atoms with Gasteiger partial charge >= 0.3 is 0 Å². The minimum Gasteiger partial charge on any atom is -0.474 e. The van der Waals surface area contributed by atoms with Gasteiger partial charge in [-0.25, -0.2) is 15.0 Å². The lowest BCUT2D eigenvalue weighted by molar-refractivity contribution is -0.115. The Labute approximate surface area is 214 Å². The summed E-state index contributed by atoms with van der Waals surface area (Å²) >= 11 is 4.29. The normalized spacial score (nSPS) is 17.5. The first-order chi connectivity index (χ1) is 17.0. The summed E-state index contributed by atoms with van der Waals surface area (Å²) in [4.78, 5) is 38.6. The van der Waals surface area contributed by atoms with Crippen LogP contribution in [0.3, 0.4) is 0 Å². The van der Waals surface area contributed by atoms with Gasteiger partial charge in [-0.2, -0.15) is 0 Å². The van der Waals surface area contributed by atoms with E-state index in [1.807, 2.05) is 18.2 Å². The highest BCUT2D eigenvalue weighted by Gasteiger charge is 2.25. The summed E-state index contributed by atoms with van der Waals surface area (Å²) in [5.74, 6) is 1.89. The van der Waals surface area contributed by atoms with E-state index in [2.05, 4.69) is 41.1 Å². The van der Waals surface area contributed by atoms with Gasteiger partial charge in [0.15, 0.2) is 0 Å². The second-order valence-electron chi connectivity index (χ2n) is 7.86. The van der Waals surface area contributed by atoms with Crippen LogP contribution in [0.4, 0.5) is 10.6 Å². The number of piperidine rings is 1. The Hall–Kier alpha value is -3.44. The van der Waals surface area contributed by atoms with E-state index in [4.69, 9.17) is 9.47 Å². The highest BCUT2D eigenvalue weighted by Crippen LogP contribution is 2.29. The largest absolute Gasteiger partial charge is 0.474 e. The lowest BCUT2D eigenvalue weighted by Crippen LogP contribution is -2.38. The molecule has 3 aromatic rings. The summed E-state index contributed by atoms with van der Waals surface area (Å²) in [5.41, 5.74) is 0.729. The number of aromatic nitrogens is 3. The third-order valence-corrected chi connectivity index (χ3v) is 6.68. The van der Waals surface area contributed by atoms with Crippen molar-refractivity contribution in [1.29, 1.82) is 0 Å². The molecule has 1 aromatic carbocycles. The first-order valence-corrected chi connectivity index (χ1v) is 12.5. The van der Waals surface area contributed by atoms with E-state index in [0.29, 0.717) is 22.4 Å².